The first-order valence-electron chi connectivity index (χ1n) is 8.63. The van der Waals surface area contributed by atoms with Gasteiger partial charge in [-0.3, -0.25) is 0 Å². The van der Waals surface area contributed by atoms with E-state index in [4.69, 9.17) is 18.9 Å². The van der Waals surface area contributed by atoms with Crippen molar-refractivity contribution in [3.05, 3.63) is 59.8 Å². The minimum atomic E-state index is -0.740. The highest BCUT2D eigenvalue weighted by Gasteiger charge is 2.33. The fourth-order valence-electron chi connectivity index (χ4n) is 3.01. The Labute approximate surface area is 167 Å². The van der Waals surface area contributed by atoms with Crippen LogP contribution >= 0.6 is 0 Å². The van der Waals surface area contributed by atoms with Crippen molar-refractivity contribution in [1.82, 2.24) is 9.78 Å². The van der Waals surface area contributed by atoms with Gasteiger partial charge in [-0.2, -0.15) is 5.10 Å². The highest BCUT2D eigenvalue weighted by Crippen LogP contribution is 2.41. The quantitative estimate of drug-likeness (QED) is 0.592. The maximum atomic E-state index is 12.7. The molecule has 2 aromatic carbocycles. The topological polar surface area (TPSA) is 88.9 Å². The summed E-state index contributed by atoms with van der Waals surface area (Å²) in [4.78, 5) is 25.4. The van der Waals surface area contributed by atoms with Gasteiger partial charge in [0.2, 0.25) is 0 Å². The molecule has 1 heterocycles. The highest BCUT2D eigenvalue weighted by molar-refractivity contribution is 6.07. The molecule has 0 bridgehead atoms. The van der Waals surface area contributed by atoms with Gasteiger partial charge in [0.25, 0.3) is 0 Å². The molecule has 0 radical (unpaired) electrons. The van der Waals surface area contributed by atoms with Crippen LogP contribution in [0.15, 0.2) is 48.5 Å². The Balaban J connectivity index is 2.44. The van der Waals surface area contributed by atoms with Gasteiger partial charge in [0, 0.05) is 0 Å². The molecule has 0 atom stereocenters. The number of carbonyl (C=O) groups is 2. The average molecular weight is 396 g/mol. The molecule has 29 heavy (non-hydrogen) atoms. The van der Waals surface area contributed by atoms with E-state index in [9.17, 15) is 9.59 Å². The zero-order chi connectivity index (χ0) is 21.0. The van der Waals surface area contributed by atoms with Crippen LogP contribution in [0.25, 0.3) is 16.9 Å². The number of benzene rings is 2. The van der Waals surface area contributed by atoms with E-state index in [-0.39, 0.29) is 17.0 Å². The monoisotopic (exact) mass is 396 g/mol. The highest BCUT2D eigenvalue weighted by atomic mass is 16.5. The summed E-state index contributed by atoms with van der Waals surface area (Å²) < 4.78 is 22.1. The number of para-hydroxylation sites is 1. The second-order valence-corrected chi connectivity index (χ2v) is 5.84. The van der Waals surface area contributed by atoms with Crippen molar-refractivity contribution in [1.29, 1.82) is 0 Å². The van der Waals surface area contributed by atoms with Crippen molar-refractivity contribution < 1.29 is 28.5 Å². The molecule has 3 rings (SSSR count). The third-order valence-electron chi connectivity index (χ3n) is 4.32. The van der Waals surface area contributed by atoms with Crippen molar-refractivity contribution in [2.24, 2.45) is 0 Å². The van der Waals surface area contributed by atoms with Crippen LogP contribution in [-0.4, -0.2) is 50.2 Å². The number of hydrogen-bond donors (Lipinski definition) is 0. The van der Waals surface area contributed by atoms with E-state index in [1.165, 1.54) is 33.1 Å². The first-order chi connectivity index (χ1) is 14.1. The Kier molecular flexibility index (Phi) is 5.82. The normalized spacial score (nSPS) is 10.3. The summed E-state index contributed by atoms with van der Waals surface area (Å²) in [6.07, 6.45) is 0. The van der Waals surface area contributed by atoms with Crippen LogP contribution < -0.4 is 9.47 Å². The Morgan fingerprint density at radius 2 is 1.38 bits per heavy atom. The van der Waals surface area contributed by atoms with Gasteiger partial charge < -0.3 is 18.9 Å². The van der Waals surface area contributed by atoms with Gasteiger partial charge in [-0.15, -0.1) is 0 Å². The van der Waals surface area contributed by atoms with Crippen molar-refractivity contribution in [3.8, 4) is 28.4 Å². The van der Waals surface area contributed by atoms with Gasteiger partial charge in [-0.1, -0.05) is 24.3 Å². The third-order valence-corrected chi connectivity index (χ3v) is 4.32. The molecule has 0 N–H and O–H groups in total. The summed E-state index contributed by atoms with van der Waals surface area (Å²) in [5, 5.41) is 4.56. The zero-order valence-electron chi connectivity index (χ0n) is 16.5. The summed E-state index contributed by atoms with van der Waals surface area (Å²) in [6, 6.07) is 14.1. The number of esters is 2. The van der Waals surface area contributed by atoms with Crippen LogP contribution in [-0.2, 0) is 9.47 Å². The molecule has 0 saturated carbocycles. The molecule has 0 aliphatic rings. The molecule has 1 aromatic heterocycles. The molecular weight excluding hydrogens is 376 g/mol. The van der Waals surface area contributed by atoms with Gasteiger partial charge in [0.15, 0.2) is 5.69 Å². The van der Waals surface area contributed by atoms with E-state index in [1.54, 1.807) is 42.5 Å². The van der Waals surface area contributed by atoms with Crippen LogP contribution in [0, 0.1) is 0 Å². The number of carbonyl (C=O) groups excluding carboxylic acids is 2. The summed E-state index contributed by atoms with van der Waals surface area (Å²) in [5.41, 5.74) is 1.05. The van der Waals surface area contributed by atoms with Gasteiger partial charge in [0.05, 0.1) is 39.7 Å². The van der Waals surface area contributed by atoms with Crippen molar-refractivity contribution in [3.63, 3.8) is 0 Å². The van der Waals surface area contributed by atoms with Crippen LogP contribution in [0.2, 0.25) is 0 Å². The lowest BCUT2D eigenvalue weighted by Crippen LogP contribution is -2.15. The Morgan fingerprint density at radius 3 is 1.90 bits per heavy atom. The van der Waals surface area contributed by atoms with Gasteiger partial charge >= 0.3 is 11.9 Å². The second kappa shape index (κ2) is 8.47. The molecule has 0 aliphatic heterocycles. The lowest BCUT2D eigenvalue weighted by atomic mass is 10.0. The molecule has 8 heteroatoms. The molecule has 0 saturated heterocycles. The molecule has 3 aromatic rings. The zero-order valence-corrected chi connectivity index (χ0v) is 16.5. The fourth-order valence-corrected chi connectivity index (χ4v) is 3.01. The number of ether oxygens (including phenoxy) is 4. The Hall–Kier alpha value is -3.81. The summed E-state index contributed by atoms with van der Waals surface area (Å²) in [5.74, 6) is -0.635. The maximum absolute atomic E-state index is 12.7. The largest absolute Gasteiger partial charge is 0.496 e. The van der Waals surface area contributed by atoms with E-state index in [2.05, 4.69) is 5.10 Å². The van der Waals surface area contributed by atoms with E-state index < -0.39 is 11.9 Å². The Morgan fingerprint density at radius 1 is 0.793 bits per heavy atom. The van der Waals surface area contributed by atoms with E-state index in [0.717, 1.165) is 0 Å². The fraction of sp³-hybridized carbons (Fsp3) is 0.190. The maximum Gasteiger partial charge on any atom is 0.357 e. The number of aromatic nitrogens is 2. The first kappa shape index (κ1) is 19.9. The van der Waals surface area contributed by atoms with Crippen molar-refractivity contribution in [2.45, 2.75) is 0 Å². The Bertz CT molecular complexity index is 1020. The minimum absolute atomic E-state index is 0.0500. The number of rotatable bonds is 6. The lowest BCUT2D eigenvalue weighted by molar-refractivity contribution is 0.0549. The molecule has 8 nitrogen and oxygen atoms in total. The molecule has 0 unspecified atom stereocenters. The second-order valence-electron chi connectivity index (χ2n) is 5.84. The smallest absolute Gasteiger partial charge is 0.357 e. The predicted octanol–water partition coefficient (Wildman–Crippen LogP) is 3.13. The molecule has 0 fully saturated rings. The van der Waals surface area contributed by atoms with Crippen molar-refractivity contribution >= 4 is 11.9 Å². The summed E-state index contributed by atoms with van der Waals surface area (Å²) >= 11 is 0. The van der Waals surface area contributed by atoms with Gasteiger partial charge in [0.1, 0.15) is 22.8 Å². The van der Waals surface area contributed by atoms with E-state index in [1.807, 2.05) is 6.07 Å². The lowest BCUT2D eigenvalue weighted by Gasteiger charge is -2.12. The summed E-state index contributed by atoms with van der Waals surface area (Å²) in [6.45, 7) is 0. The average Bonchev–Trinajstić information content (AvgIpc) is 3.18. The number of hydrogen-bond acceptors (Lipinski definition) is 7. The first-order valence-corrected chi connectivity index (χ1v) is 8.63. The van der Waals surface area contributed by atoms with E-state index in [0.29, 0.717) is 22.7 Å². The molecule has 0 aliphatic carbocycles. The molecule has 150 valence electrons. The van der Waals surface area contributed by atoms with Crippen LogP contribution in [0.3, 0.4) is 0 Å². The SMILES string of the molecule is COC(=O)c1c(-c2c(OC)cccc2OC)nn(-c2ccccc2)c1C(=O)OC. The van der Waals surface area contributed by atoms with E-state index >= 15 is 0 Å². The van der Waals surface area contributed by atoms with Crippen molar-refractivity contribution in [2.75, 3.05) is 28.4 Å². The number of nitrogens with zero attached hydrogens (tertiary/aromatic N) is 2. The molecular formula is C21H20N2O6. The van der Waals surface area contributed by atoms with Gasteiger partial charge in [-0.05, 0) is 24.3 Å². The summed E-state index contributed by atoms with van der Waals surface area (Å²) in [7, 11) is 5.44. The molecule has 0 spiro atoms. The minimum Gasteiger partial charge on any atom is -0.496 e. The standard InChI is InChI=1S/C21H20N2O6/c1-26-14-11-8-12-15(27-2)16(14)18-17(20(24)28-3)19(21(25)29-4)23(22-18)13-9-6-5-7-10-13/h5-12H,1-4H3. The van der Waals surface area contributed by atoms with Crippen LogP contribution in [0.4, 0.5) is 0 Å². The third kappa shape index (κ3) is 3.52. The van der Waals surface area contributed by atoms with Gasteiger partial charge in [-0.25, -0.2) is 14.3 Å². The molecule has 0 amide bonds. The van der Waals surface area contributed by atoms with Crippen LogP contribution in [0.1, 0.15) is 20.8 Å². The predicted molar refractivity (Wildman–Crippen MR) is 105 cm³/mol. The number of methoxy groups -OCH3 is 4. The van der Waals surface area contributed by atoms with Crippen LogP contribution in [0.5, 0.6) is 11.5 Å².